The summed E-state index contributed by atoms with van der Waals surface area (Å²) in [5, 5.41) is 61.4. The van der Waals surface area contributed by atoms with Crippen molar-refractivity contribution in [2.24, 2.45) is 0 Å². The first kappa shape index (κ1) is 25.7. The summed E-state index contributed by atoms with van der Waals surface area (Å²) in [4.78, 5) is 0. The van der Waals surface area contributed by atoms with Crippen LogP contribution in [0.3, 0.4) is 0 Å². The van der Waals surface area contributed by atoms with Crippen LogP contribution in [-0.2, 0) is 10.1 Å². The summed E-state index contributed by atoms with van der Waals surface area (Å²) in [6.07, 6.45) is -0.472. The van der Waals surface area contributed by atoms with Crippen LogP contribution in [0.2, 0.25) is 0 Å². The Balaban J connectivity index is 0. The molecule has 0 unspecified atom stereocenters. The smallest absolute Gasteiger partial charge is 0.266 e. The Morgan fingerprint density at radius 1 is 0.792 bits per heavy atom. The molecule has 0 radical (unpaired) electrons. The highest BCUT2D eigenvalue weighted by atomic mass is 32.2. The molecule has 13 nitrogen and oxygen atoms in total. The van der Waals surface area contributed by atoms with Crippen LogP contribution in [0, 0.1) is 0 Å². The zero-order valence-corrected chi connectivity index (χ0v) is 13.9. The lowest BCUT2D eigenvalue weighted by atomic mass is 10.0. The molecule has 11 N–H and O–H groups in total. The number of aliphatic hydroxyl groups is 6. The highest BCUT2D eigenvalue weighted by Crippen LogP contribution is 2.00. The first-order valence-corrected chi connectivity index (χ1v) is 8.40. The number of rotatable bonds is 13. The molecule has 0 heterocycles. The molecule has 0 fully saturated rings. The molecule has 0 aromatic carbocycles. The van der Waals surface area contributed by atoms with Gasteiger partial charge in [0.05, 0.1) is 51.3 Å². The van der Waals surface area contributed by atoms with Crippen molar-refractivity contribution in [3.8, 4) is 0 Å². The highest BCUT2D eigenvalue weighted by molar-refractivity contribution is 7.85. The van der Waals surface area contributed by atoms with Crippen molar-refractivity contribution in [3.63, 3.8) is 0 Å². The second kappa shape index (κ2) is 14.8. The van der Waals surface area contributed by atoms with Crippen LogP contribution in [0.25, 0.3) is 0 Å². The molecule has 0 bridgehead atoms. The Labute approximate surface area is 140 Å². The molecular formula is C10H28N4O9S. The molecular weight excluding hydrogens is 352 g/mol. The fourth-order valence-corrected chi connectivity index (χ4v) is 1.61. The zero-order valence-electron chi connectivity index (χ0n) is 13.1. The van der Waals surface area contributed by atoms with Gasteiger partial charge in [0.15, 0.2) is 0 Å². The minimum absolute atomic E-state index is 0.166. The number of aliphatic hydroxyl groups excluding tert-OH is 6. The Hall–Kier alpha value is -0.490. The zero-order chi connectivity index (χ0) is 19.1. The van der Waals surface area contributed by atoms with Crippen molar-refractivity contribution in [3.05, 3.63) is 0 Å². The van der Waals surface area contributed by atoms with Crippen LogP contribution in [-0.4, -0.2) is 108 Å². The van der Waals surface area contributed by atoms with Gasteiger partial charge in [-0.25, -0.2) is 0 Å². The highest BCUT2D eigenvalue weighted by Gasteiger charge is 2.27. The number of hydrogen-bond acceptors (Lipinski definition) is 12. The van der Waals surface area contributed by atoms with Crippen LogP contribution in [0.1, 0.15) is 0 Å². The van der Waals surface area contributed by atoms with E-state index in [9.17, 15) is 8.42 Å². The molecule has 14 heteroatoms. The van der Waals surface area contributed by atoms with Crippen LogP contribution in [0.15, 0.2) is 0 Å². The van der Waals surface area contributed by atoms with E-state index >= 15 is 0 Å². The van der Waals surface area contributed by atoms with Crippen molar-refractivity contribution in [1.29, 1.82) is 0 Å². The van der Waals surface area contributed by atoms with Crippen molar-refractivity contribution in [2.45, 2.75) is 11.8 Å². The molecule has 0 rings (SSSR count). The number of hydrogen-bond donors (Lipinski definition) is 11. The van der Waals surface area contributed by atoms with Gasteiger partial charge in [0, 0.05) is 6.54 Å². The average Bonchev–Trinajstić information content (AvgIpc) is 2.52. The van der Waals surface area contributed by atoms with Gasteiger partial charge in [0.25, 0.3) is 10.1 Å². The van der Waals surface area contributed by atoms with Gasteiger partial charge in [-0.2, -0.15) is 8.42 Å². The molecule has 0 atom stereocenters. The predicted octanol–water partition coefficient (Wildman–Crippen LogP) is -5.93. The third-order valence-corrected chi connectivity index (χ3v) is 3.37. The van der Waals surface area contributed by atoms with Gasteiger partial charge in [-0.3, -0.25) is 20.5 Å². The second-order valence-corrected chi connectivity index (χ2v) is 6.06. The van der Waals surface area contributed by atoms with Crippen molar-refractivity contribution in [2.75, 3.05) is 52.3 Å². The van der Waals surface area contributed by atoms with E-state index in [-0.39, 0.29) is 26.7 Å². The summed E-state index contributed by atoms with van der Waals surface area (Å²) in [5.41, 5.74) is -1.31. The molecule has 0 spiro atoms. The van der Waals surface area contributed by atoms with E-state index in [1.807, 2.05) is 0 Å². The maximum Gasteiger partial charge on any atom is 0.266 e. The van der Waals surface area contributed by atoms with Crippen molar-refractivity contribution < 1.29 is 43.6 Å². The van der Waals surface area contributed by atoms with E-state index in [0.717, 1.165) is 0 Å². The summed E-state index contributed by atoms with van der Waals surface area (Å²) in [7, 11) is -4.08. The number of nitrogens with one attached hydrogen (secondary N) is 4. The van der Waals surface area contributed by atoms with E-state index in [2.05, 4.69) is 21.3 Å². The van der Waals surface area contributed by atoms with Gasteiger partial charge < -0.3 is 36.0 Å². The maximum absolute atomic E-state index is 10.3. The molecule has 24 heavy (non-hydrogen) atoms. The van der Waals surface area contributed by atoms with Crippen LogP contribution in [0.4, 0.5) is 0 Å². The molecule has 0 saturated carbocycles. The molecule has 0 saturated heterocycles. The molecule has 0 aliphatic carbocycles. The molecule has 148 valence electrons. The average molecular weight is 380 g/mol. The SMILES string of the molecule is O=S(=O)(O)CCNC(CO)(CO)CO.OCNC(NCO)NCO. The van der Waals surface area contributed by atoms with E-state index in [4.69, 9.17) is 35.2 Å². The third-order valence-electron chi connectivity index (χ3n) is 2.65. The molecule has 0 aliphatic heterocycles. The fourth-order valence-electron chi connectivity index (χ4n) is 1.25. The maximum atomic E-state index is 10.3. The Bertz CT molecular complexity index is 358. The summed E-state index contributed by atoms with van der Waals surface area (Å²) in [6, 6.07) is 0. The van der Waals surface area contributed by atoms with E-state index in [0.29, 0.717) is 0 Å². The van der Waals surface area contributed by atoms with Gasteiger partial charge in [-0.15, -0.1) is 0 Å². The van der Waals surface area contributed by atoms with Gasteiger partial charge in [-0.1, -0.05) is 0 Å². The lowest BCUT2D eigenvalue weighted by Gasteiger charge is -2.28. The standard InChI is InChI=1S/C6H15NO6S.C4H13N3O3/c8-3-6(4-9,5-10)7-1-2-14(11,12)13;8-1-5-4(6-2-9)7-3-10/h7-10H,1-5H2,(H,11,12,13);4-10H,1-3H2. The van der Waals surface area contributed by atoms with E-state index in [1.54, 1.807) is 0 Å². The van der Waals surface area contributed by atoms with Gasteiger partial charge in [0.1, 0.15) is 6.29 Å². The lowest BCUT2D eigenvalue weighted by Crippen LogP contribution is -2.55. The van der Waals surface area contributed by atoms with Crippen LogP contribution >= 0.6 is 0 Å². The van der Waals surface area contributed by atoms with Crippen molar-refractivity contribution in [1.82, 2.24) is 21.3 Å². The summed E-state index contributed by atoms with van der Waals surface area (Å²) < 4.78 is 29.0. The second-order valence-electron chi connectivity index (χ2n) is 4.49. The first-order valence-electron chi connectivity index (χ1n) is 6.79. The largest absolute Gasteiger partial charge is 0.394 e. The monoisotopic (exact) mass is 380 g/mol. The van der Waals surface area contributed by atoms with Crippen LogP contribution in [0.5, 0.6) is 0 Å². The molecule has 0 aromatic heterocycles. The van der Waals surface area contributed by atoms with Crippen molar-refractivity contribution >= 4 is 10.1 Å². The Morgan fingerprint density at radius 2 is 1.17 bits per heavy atom. The predicted molar refractivity (Wildman–Crippen MR) is 82.9 cm³/mol. The summed E-state index contributed by atoms with van der Waals surface area (Å²) in [6.45, 7) is -2.47. The van der Waals surface area contributed by atoms with E-state index < -0.39 is 47.5 Å². The normalized spacial score (nSPS) is 12.2. The minimum Gasteiger partial charge on any atom is -0.394 e. The lowest BCUT2D eigenvalue weighted by molar-refractivity contribution is 0.0440. The summed E-state index contributed by atoms with van der Waals surface area (Å²) in [5.74, 6) is -0.547. The molecule has 0 amide bonds. The first-order chi connectivity index (χ1) is 11.2. The van der Waals surface area contributed by atoms with Gasteiger partial charge >= 0.3 is 0 Å². The topological polar surface area (TPSA) is 224 Å². The Kier molecular flexibility index (Phi) is 15.9. The van der Waals surface area contributed by atoms with Gasteiger partial charge in [0.2, 0.25) is 0 Å². The summed E-state index contributed by atoms with van der Waals surface area (Å²) >= 11 is 0. The molecule has 0 aromatic rings. The molecule has 0 aliphatic rings. The van der Waals surface area contributed by atoms with Crippen LogP contribution < -0.4 is 21.3 Å². The fraction of sp³-hybridized carbons (Fsp3) is 1.00. The quantitative estimate of drug-likeness (QED) is 0.106. The van der Waals surface area contributed by atoms with E-state index in [1.165, 1.54) is 0 Å². The third kappa shape index (κ3) is 13.9. The van der Waals surface area contributed by atoms with Gasteiger partial charge in [-0.05, 0) is 0 Å². The Morgan fingerprint density at radius 3 is 1.42 bits per heavy atom. The minimum atomic E-state index is -4.08.